The van der Waals surface area contributed by atoms with Crippen molar-refractivity contribution in [2.45, 2.75) is 19.3 Å². The van der Waals surface area contributed by atoms with Crippen LogP contribution in [0.25, 0.3) is 10.6 Å². The summed E-state index contributed by atoms with van der Waals surface area (Å²) in [5, 5.41) is 5.27. The Balaban J connectivity index is 2.29. The SMILES string of the molecule is CCC(CNC)c1nccc(-c2cc(Br)cs2)n1. The summed E-state index contributed by atoms with van der Waals surface area (Å²) in [4.78, 5) is 10.3. The van der Waals surface area contributed by atoms with Crippen LogP contribution in [0.1, 0.15) is 25.1 Å². The van der Waals surface area contributed by atoms with Gasteiger partial charge in [-0.15, -0.1) is 11.3 Å². The third-order valence-electron chi connectivity index (χ3n) is 2.80. The molecule has 0 aliphatic heterocycles. The zero-order valence-corrected chi connectivity index (χ0v) is 12.9. The molecule has 0 radical (unpaired) electrons. The van der Waals surface area contributed by atoms with E-state index in [0.29, 0.717) is 5.92 Å². The van der Waals surface area contributed by atoms with E-state index in [0.717, 1.165) is 29.0 Å². The van der Waals surface area contributed by atoms with E-state index in [4.69, 9.17) is 0 Å². The van der Waals surface area contributed by atoms with Crippen molar-refractivity contribution in [2.24, 2.45) is 0 Å². The molecule has 0 spiro atoms. The van der Waals surface area contributed by atoms with Gasteiger partial charge in [-0.3, -0.25) is 0 Å². The van der Waals surface area contributed by atoms with Gasteiger partial charge < -0.3 is 5.32 Å². The highest BCUT2D eigenvalue weighted by Crippen LogP contribution is 2.29. The molecule has 0 aliphatic rings. The van der Waals surface area contributed by atoms with Crippen molar-refractivity contribution >= 4 is 27.3 Å². The molecule has 0 bridgehead atoms. The molecule has 0 fully saturated rings. The van der Waals surface area contributed by atoms with Crippen LogP contribution in [0.5, 0.6) is 0 Å². The minimum absolute atomic E-state index is 0.373. The van der Waals surface area contributed by atoms with E-state index in [1.165, 1.54) is 4.88 Å². The Morgan fingerprint density at radius 3 is 2.94 bits per heavy atom. The molecule has 2 aromatic heterocycles. The normalized spacial score (nSPS) is 12.6. The van der Waals surface area contributed by atoms with Crippen molar-refractivity contribution in [1.29, 1.82) is 0 Å². The quantitative estimate of drug-likeness (QED) is 0.911. The Morgan fingerprint density at radius 1 is 1.50 bits per heavy atom. The van der Waals surface area contributed by atoms with Crippen molar-refractivity contribution in [2.75, 3.05) is 13.6 Å². The lowest BCUT2D eigenvalue weighted by molar-refractivity contribution is 0.580. The second-order valence-electron chi connectivity index (χ2n) is 4.09. The highest BCUT2D eigenvalue weighted by molar-refractivity contribution is 9.10. The van der Waals surface area contributed by atoms with Crippen LogP contribution in [0.3, 0.4) is 0 Å². The van der Waals surface area contributed by atoms with E-state index < -0.39 is 0 Å². The van der Waals surface area contributed by atoms with Crippen LogP contribution < -0.4 is 5.32 Å². The van der Waals surface area contributed by atoms with Crippen molar-refractivity contribution < 1.29 is 0 Å². The molecule has 96 valence electrons. The Labute approximate surface area is 120 Å². The number of hydrogen-bond donors (Lipinski definition) is 1. The molecule has 2 heterocycles. The monoisotopic (exact) mass is 325 g/mol. The van der Waals surface area contributed by atoms with Crippen LogP contribution in [-0.4, -0.2) is 23.6 Å². The number of aromatic nitrogens is 2. The van der Waals surface area contributed by atoms with Crippen LogP contribution in [0.4, 0.5) is 0 Å². The molecule has 1 unspecified atom stereocenters. The van der Waals surface area contributed by atoms with Gasteiger partial charge in [0.1, 0.15) is 5.82 Å². The minimum Gasteiger partial charge on any atom is -0.319 e. The van der Waals surface area contributed by atoms with Crippen molar-refractivity contribution in [3.05, 3.63) is 34.0 Å². The predicted molar refractivity (Wildman–Crippen MR) is 80.0 cm³/mol. The predicted octanol–water partition coefficient (Wildman–Crippen LogP) is 3.68. The first-order chi connectivity index (χ1) is 8.74. The minimum atomic E-state index is 0.373. The average molecular weight is 326 g/mol. The number of rotatable bonds is 5. The number of nitrogens with one attached hydrogen (secondary N) is 1. The van der Waals surface area contributed by atoms with Crippen LogP contribution in [-0.2, 0) is 0 Å². The number of likely N-dealkylation sites (N-methyl/N-ethyl adjacent to an activating group) is 1. The molecular formula is C13H16BrN3S. The van der Waals surface area contributed by atoms with Gasteiger partial charge in [0.15, 0.2) is 0 Å². The number of nitrogens with zero attached hydrogens (tertiary/aromatic N) is 2. The summed E-state index contributed by atoms with van der Waals surface area (Å²) in [6.07, 6.45) is 2.89. The van der Waals surface area contributed by atoms with Crippen LogP contribution in [0.2, 0.25) is 0 Å². The standard InChI is InChI=1S/C13H16BrN3S/c1-3-9(7-15-2)13-16-5-4-11(17-13)12-6-10(14)8-18-12/h4-6,8-9,15H,3,7H2,1-2H3. The molecular weight excluding hydrogens is 310 g/mol. The number of halogens is 1. The fraction of sp³-hybridized carbons (Fsp3) is 0.385. The van der Waals surface area contributed by atoms with E-state index in [1.807, 2.05) is 19.3 Å². The highest BCUT2D eigenvalue weighted by atomic mass is 79.9. The third kappa shape index (κ3) is 3.16. The maximum absolute atomic E-state index is 4.68. The van der Waals surface area contributed by atoms with Gasteiger partial charge in [0, 0.05) is 28.5 Å². The van der Waals surface area contributed by atoms with Gasteiger partial charge in [-0.1, -0.05) is 6.92 Å². The van der Waals surface area contributed by atoms with Gasteiger partial charge in [0.25, 0.3) is 0 Å². The van der Waals surface area contributed by atoms with Crippen molar-refractivity contribution in [3.8, 4) is 10.6 Å². The Morgan fingerprint density at radius 2 is 2.33 bits per heavy atom. The largest absolute Gasteiger partial charge is 0.319 e. The molecule has 2 aromatic rings. The van der Waals surface area contributed by atoms with E-state index in [9.17, 15) is 0 Å². The van der Waals surface area contributed by atoms with Gasteiger partial charge >= 0.3 is 0 Å². The number of hydrogen-bond acceptors (Lipinski definition) is 4. The van der Waals surface area contributed by atoms with Crippen LogP contribution in [0, 0.1) is 0 Å². The van der Waals surface area contributed by atoms with Gasteiger partial charge in [0.2, 0.25) is 0 Å². The van der Waals surface area contributed by atoms with Crippen molar-refractivity contribution in [3.63, 3.8) is 0 Å². The lowest BCUT2D eigenvalue weighted by Crippen LogP contribution is -2.18. The maximum atomic E-state index is 4.68. The smallest absolute Gasteiger partial charge is 0.133 e. The average Bonchev–Trinajstić information content (AvgIpc) is 2.83. The van der Waals surface area contributed by atoms with E-state index in [-0.39, 0.29) is 0 Å². The Kier molecular flexibility index (Phi) is 4.86. The molecule has 0 aliphatic carbocycles. The highest BCUT2D eigenvalue weighted by Gasteiger charge is 2.13. The molecule has 18 heavy (non-hydrogen) atoms. The molecule has 0 saturated heterocycles. The molecule has 3 nitrogen and oxygen atoms in total. The van der Waals surface area contributed by atoms with Gasteiger partial charge in [-0.05, 0) is 41.5 Å². The fourth-order valence-electron chi connectivity index (χ4n) is 1.82. The first-order valence-electron chi connectivity index (χ1n) is 5.96. The van der Waals surface area contributed by atoms with Crippen LogP contribution in [0.15, 0.2) is 28.2 Å². The Hall–Kier alpha value is -0.780. The number of thiophene rings is 1. The summed E-state index contributed by atoms with van der Waals surface area (Å²) in [5.41, 5.74) is 1.00. The summed E-state index contributed by atoms with van der Waals surface area (Å²) >= 11 is 5.16. The topological polar surface area (TPSA) is 37.8 Å². The zero-order valence-electron chi connectivity index (χ0n) is 10.5. The second-order valence-corrected chi connectivity index (χ2v) is 5.92. The third-order valence-corrected chi connectivity index (χ3v) is 4.52. The zero-order chi connectivity index (χ0) is 13.0. The second kappa shape index (κ2) is 6.41. The summed E-state index contributed by atoms with van der Waals surface area (Å²) in [6.45, 7) is 3.08. The molecule has 0 saturated carbocycles. The van der Waals surface area contributed by atoms with Gasteiger partial charge in [-0.25, -0.2) is 9.97 Å². The van der Waals surface area contributed by atoms with E-state index in [1.54, 1.807) is 11.3 Å². The molecule has 0 amide bonds. The summed E-state index contributed by atoms with van der Waals surface area (Å²) < 4.78 is 1.10. The van der Waals surface area contributed by atoms with Crippen molar-refractivity contribution in [1.82, 2.24) is 15.3 Å². The first kappa shape index (κ1) is 13.6. The van der Waals surface area contributed by atoms with Crippen LogP contribution >= 0.6 is 27.3 Å². The summed E-state index contributed by atoms with van der Waals surface area (Å²) in [5.74, 6) is 1.30. The lowest BCUT2D eigenvalue weighted by Gasteiger charge is -2.13. The maximum Gasteiger partial charge on any atom is 0.133 e. The molecule has 5 heteroatoms. The molecule has 1 N–H and O–H groups in total. The van der Waals surface area contributed by atoms with Gasteiger partial charge in [0.05, 0.1) is 10.6 Å². The molecule has 0 aromatic carbocycles. The van der Waals surface area contributed by atoms with E-state index >= 15 is 0 Å². The first-order valence-corrected chi connectivity index (χ1v) is 7.63. The molecule has 1 atom stereocenters. The van der Waals surface area contributed by atoms with E-state index in [2.05, 4.69) is 49.6 Å². The summed E-state index contributed by atoms with van der Waals surface area (Å²) in [7, 11) is 1.96. The summed E-state index contributed by atoms with van der Waals surface area (Å²) in [6, 6.07) is 4.06. The lowest BCUT2D eigenvalue weighted by atomic mass is 10.1. The Bertz CT molecular complexity index is 512. The fourth-order valence-corrected chi connectivity index (χ4v) is 3.22. The molecule has 2 rings (SSSR count). The van der Waals surface area contributed by atoms with Gasteiger partial charge in [-0.2, -0.15) is 0 Å².